The molecule has 1 aromatic carbocycles. The molecule has 0 radical (unpaired) electrons. The fourth-order valence-corrected chi connectivity index (χ4v) is 5.91. The lowest BCUT2D eigenvalue weighted by Gasteiger charge is -2.57. The van der Waals surface area contributed by atoms with Gasteiger partial charge in [0.2, 0.25) is 0 Å². The minimum Gasteiger partial charge on any atom is -0.340 e. The third-order valence-corrected chi connectivity index (χ3v) is 6.60. The molecule has 108 valence electrons. The summed E-state index contributed by atoms with van der Waals surface area (Å²) in [4.78, 5) is 0. The number of quaternary nitrogens is 1. The highest BCUT2D eigenvalue weighted by Gasteiger charge is 2.54. The van der Waals surface area contributed by atoms with Crippen LogP contribution in [0.5, 0.6) is 0 Å². The van der Waals surface area contributed by atoms with E-state index in [0.29, 0.717) is 5.41 Å². The molecular weight excluding hydrogens is 242 g/mol. The van der Waals surface area contributed by atoms with Gasteiger partial charge in [0.1, 0.15) is 6.54 Å². The third-order valence-electron chi connectivity index (χ3n) is 6.60. The summed E-state index contributed by atoms with van der Waals surface area (Å²) >= 11 is 0. The molecule has 1 aromatic rings. The van der Waals surface area contributed by atoms with Crippen LogP contribution in [0.1, 0.15) is 51.0 Å². The predicted molar refractivity (Wildman–Crippen MR) is 82.1 cm³/mol. The van der Waals surface area contributed by atoms with Crippen LogP contribution in [-0.2, 0) is 6.54 Å². The van der Waals surface area contributed by atoms with Crippen molar-refractivity contribution in [1.29, 1.82) is 0 Å². The van der Waals surface area contributed by atoms with E-state index in [1.807, 2.05) is 0 Å². The van der Waals surface area contributed by atoms with Gasteiger partial charge in [-0.1, -0.05) is 30.3 Å². The predicted octanol–water partition coefficient (Wildman–Crippen LogP) is 3.35. The quantitative estimate of drug-likeness (QED) is 0.864. The molecule has 4 aliphatic rings. The highest BCUT2D eigenvalue weighted by atomic mass is 14.9. The van der Waals surface area contributed by atoms with Crippen LogP contribution in [0.3, 0.4) is 0 Å². The summed E-state index contributed by atoms with van der Waals surface area (Å²) in [7, 11) is 0. The van der Waals surface area contributed by atoms with Crippen LogP contribution >= 0.6 is 0 Å². The molecule has 0 amide bonds. The molecule has 1 heteroatoms. The van der Waals surface area contributed by atoms with Crippen LogP contribution in [0.25, 0.3) is 0 Å². The van der Waals surface area contributed by atoms with Crippen molar-refractivity contribution in [3.8, 4) is 0 Å². The van der Waals surface area contributed by atoms with E-state index in [1.54, 1.807) is 19.3 Å². The van der Waals surface area contributed by atoms with Crippen molar-refractivity contribution < 1.29 is 5.32 Å². The summed E-state index contributed by atoms with van der Waals surface area (Å²) in [5, 5.41) is 2.63. The van der Waals surface area contributed by atoms with Gasteiger partial charge in [-0.3, -0.25) is 0 Å². The Morgan fingerprint density at radius 1 is 1.00 bits per heavy atom. The number of hydrogen-bond acceptors (Lipinski definition) is 0. The van der Waals surface area contributed by atoms with Crippen LogP contribution in [-0.4, -0.2) is 6.04 Å². The Kier molecular flexibility index (Phi) is 3.14. The molecule has 0 heterocycles. The number of benzene rings is 1. The highest BCUT2D eigenvalue weighted by Crippen LogP contribution is 2.60. The van der Waals surface area contributed by atoms with Crippen LogP contribution in [0.15, 0.2) is 30.3 Å². The second-order valence-electron chi connectivity index (χ2n) is 7.99. The van der Waals surface area contributed by atoms with E-state index in [0.717, 1.165) is 30.3 Å². The van der Waals surface area contributed by atoms with E-state index in [9.17, 15) is 0 Å². The van der Waals surface area contributed by atoms with Crippen molar-refractivity contribution in [2.45, 2.75) is 58.0 Å². The summed E-state index contributed by atoms with van der Waals surface area (Å²) in [6.07, 6.45) is 9.28. The fourth-order valence-electron chi connectivity index (χ4n) is 5.91. The smallest absolute Gasteiger partial charge is 0.101 e. The molecule has 2 N–H and O–H groups in total. The highest BCUT2D eigenvalue weighted by molar-refractivity contribution is 5.13. The molecule has 4 bridgehead atoms. The summed E-state index contributed by atoms with van der Waals surface area (Å²) < 4.78 is 0. The van der Waals surface area contributed by atoms with E-state index in [-0.39, 0.29) is 0 Å². The van der Waals surface area contributed by atoms with Crippen LogP contribution in [0, 0.1) is 23.2 Å². The van der Waals surface area contributed by atoms with E-state index < -0.39 is 0 Å². The van der Waals surface area contributed by atoms with Gasteiger partial charge < -0.3 is 5.32 Å². The number of nitrogens with two attached hydrogens (primary N) is 1. The lowest BCUT2D eigenvalue weighted by Crippen LogP contribution is -2.91. The van der Waals surface area contributed by atoms with Crippen molar-refractivity contribution in [2.24, 2.45) is 23.2 Å². The molecule has 0 spiro atoms. The average molecular weight is 270 g/mol. The normalized spacial score (nSPS) is 40.0. The lowest BCUT2D eigenvalue weighted by molar-refractivity contribution is -0.717. The second-order valence-corrected chi connectivity index (χ2v) is 7.99. The molecule has 0 saturated heterocycles. The molecule has 0 aromatic heterocycles. The molecule has 4 saturated carbocycles. The average Bonchev–Trinajstić information content (AvgIpc) is 2.44. The van der Waals surface area contributed by atoms with E-state index >= 15 is 0 Å². The molecule has 20 heavy (non-hydrogen) atoms. The molecule has 0 unspecified atom stereocenters. The van der Waals surface area contributed by atoms with Crippen molar-refractivity contribution in [3.63, 3.8) is 0 Å². The first-order valence-corrected chi connectivity index (χ1v) is 8.61. The largest absolute Gasteiger partial charge is 0.340 e. The molecule has 4 aliphatic carbocycles. The van der Waals surface area contributed by atoms with Gasteiger partial charge in [-0.25, -0.2) is 0 Å². The van der Waals surface area contributed by atoms with E-state index in [2.05, 4.69) is 42.6 Å². The molecule has 4 fully saturated rings. The van der Waals surface area contributed by atoms with Crippen molar-refractivity contribution in [2.75, 3.05) is 0 Å². The van der Waals surface area contributed by atoms with Gasteiger partial charge in [0.15, 0.2) is 0 Å². The molecule has 0 aliphatic heterocycles. The summed E-state index contributed by atoms with van der Waals surface area (Å²) in [6.45, 7) is 3.67. The van der Waals surface area contributed by atoms with E-state index in [4.69, 9.17) is 0 Å². The maximum Gasteiger partial charge on any atom is 0.101 e. The summed E-state index contributed by atoms with van der Waals surface area (Å²) in [5.74, 6) is 3.23. The van der Waals surface area contributed by atoms with Gasteiger partial charge >= 0.3 is 0 Å². The summed E-state index contributed by atoms with van der Waals surface area (Å²) in [5.41, 5.74) is 2.16. The van der Waals surface area contributed by atoms with Crippen molar-refractivity contribution in [1.82, 2.24) is 0 Å². The third kappa shape index (κ3) is 2.20. The molecule has 5 rings (SSSR count). The van der Waals surface area contributed by atoms with Gasteiger partial charge in [-0.05, 0) is 63.2 Å². The Hall–Kier alpha value is -0.820. The zero-order valence-corrected chi connectivity index (χ0v) is 12.7. The zero-order valence-electron chi connectivity index (χ0n) is 12.7. The standard InChI is InChI=1S/C19H27N/c1-14(20-13-15-5-3-2-4-6-15)19-10-16-7-17(11-19)9-18(8-16)12-19/h2-6,14,16-18,20H,7-13H2,1H3/p+1/t14-,16?,17?,18?,19?/m0/s1. The Balaban J connectivity index is 1.44. The van der Waals surface area contributed by atoms with Crippen LogP contribution in [0.2, 0.25) is 0 Å². The fraction of sp³-hybridized carbons (Fsp3) is 0.684. The monoisotopic (exact) mass is 270 g/mol. The minimum atomic E-state index is 0.684. The Morgan fingerprint density at radius 2 is 1.55 bits per heavy atom. The van der Waals surface area contributed by atoms with Crippen molar-refractivity contribution >= 4 is 0 Å². The maximum absolute atomic E-state index is 2.63. The first-order valence-electron chi connectivity index (χ1n) is 8.61. The number of rotatable bonds is 4. The Morgan fingerprint density at radius 3 is 2.10 bits per heavy atom. The van der Waals surface area contributed by atoms with Gasteiger partial charge in [-0.2, -0.15) is 0 Å². The minimum absolute atomic E-state index is 0.684. The van der Waals surface area contributed by atoms with Gasteiger partial charge in [0.25, 0.3) is 0 Å². The van der Waals surface area contributed by atoms with Gasteiger partial charge in [0, 0.05) is 11.0 Å². The molecular formula is C19H28N+. The second kappa shape index (κ2) is 4.87. The van der Waals surface area contributed by atoms with Crippen molar-refractivity contribution in [3.05, 3.63) is 35.9 Å². The topological polar surface area (TPSA) is 16.6 Å². The van der Waals surface area contributed by atoms with E-state index in [1.165, 1.54) is 24.8 Å². The van der Waals surface area contributed by atoms with Gasteiger partial charge in [-0.15, -0.1) is 0 Å². The Labute approximate surface area is 123 Å². The first kappa shape index (κ1) is 12.9. The summed E-state index contributed by atoms with van der Waals surface area (Å²) in [6, 6.07) is 11.8. The zero-order chi connectivity index (χ0) is 13.6. The first-order chi connectivity index (χ1) is 9.73. The molecule has 1 nitrogen and oxygen atoms in total. The molecule has 1 atom stereocenters. The SMILES string of the molecule is C[C@H]([NH2+]Cc1ccccc1)C12CC3CC(CC(C3)C1)C2. The van der Waals surface area contributed by atoms with Crippen LogP contribution in [0.4, 0.5) is 0 Å². The number of hydrogen-bond donors (Lipinski definition) is 1. The Bertz CT molecular complexity index is 429. The van der Waals surface area contributed by atoms with Crippen LogP contribution < -0.4 is 5.32 Å². The lowest BCUT2D eigenvalue weighted by atomic mass is 9.48. The van der Waals surface area contributed by atoms with Gasteiger partial charge in [0.05, 0.1) is 6.04 Å². The maximum atomic E-state index is 2.63.